The third-order valence-electron chi connectivity index (χ3n) is 6.33. The second kappa shape index (κ2) is 8.26. The van der Waals surface area contributed by atoms with E-state index in [2.05, 4.69) is 5.10 Å². The summed E-state index contributed by atoms with van der Waals surface area (Å²) >= 11 is 0. The Morgan fingerprint density at radius 2 is 1.71 bits per heavy atom. The third-order valence-corrected chi connectivity index (χ3v) is 8.51. The van der Waals surface area contributed by atoms with Gasteiger partial charge in [0, 0.05) is 32.1 Å². The van der Waals surface area contributed by atoms with Crippen molar-refractivity contribution in [3.05, 3.63) is 46.1 Å². The first-order chi connectivity index (χ1) is 14.7. The number of carbonyl (C=O) groups excluding carboxylic acids is 1. The summed E-state index contributed by atoms with van der Waals surface area (Å²) in [5.41, 5.74) is 0.765. The van der Waals surface area contributed by atoms with Crippen LogP contribution in [0, 0.1) is 0 Å². The fraction of sp³-hybridized carbons (Fsp3) is 0.591. The molecule has 2 heterocycles. The summed E-state index contributed by atoms with van der Waals surface area (Å²) in [5, 5.41) is 4.01. The van der Waals surface area contributed by atoms with Crippen LogP contribution in [-0.2, 0) is 28.1 Å². The smallest absolute Gasteiger partial charge is 0.342 e. The van der Waals surface area contributed by atoms with Crippen molar-refractivity contribution >= 4 is 15.7 Å². The number of hydrogen-bond acceptors (Lipinski definition) is 5. The largest absolute Gasteiger partial charge is 0.345 e. The van der Waals surface area contributed by atoms with Gasteiger partial charge in [-0.3, -0.25) is 9.36 Å². The lowest BCUT2D eigenvalue weighted by molar-refractivity contribution is -0.131. The van der Waals surface area contributed by atoms with E-state index in [1.54, 1.807) is 45.2 Å². The van der Waals surface area contributed by atoms with Crippen LogP contribution >= 0.6 is 0 Å². The van der Waals surface area contributed by atoms with Gasteiger partial charge in [0.2, 0.25) is 5.91 Å². The predicted molar refractivity (Wildman–Crippen MR) is 117 cm³/mol. The maximum absolute atomic E-state index is 12.8. The molecular formula is C22H30N4O4S. The van der Waals surface area contributed by atoms with Gasteiger partial charge in [0.1, 0.15) is 5.82 Å². The van der Waals surface area contributed by atoms with E-state index >= 15 is 0 Å². The number of rotatable bonds is 6. The highest BCUT2D eigenvalue weighted by atomic mass is 32.2. The zero-order chi connectivity index (χ0) is 22.3. The molecule has 1 amide bonds. The van der Waals surface area contributed by atoms with E-state index in [1.165, 1.54) is 4.68 Å². The number of sulfone groups is 1. The lowest BCUT2D eigenvalue weighted by atomic mass is 9.95. The van der Waals surface area contributed by atoms with Crippen LogP contribution in [-0.4, -0.2) is 51.9 Å². The van der Waals surface area contributed by atoms with Crippen LogP contribution in [0.25, 0.3) is 0 Å². The highest BCUT2D eigenvalue weighted by Crippen LogP contribution is 2.37. The normalized spacial score (nSPS) is 18.0. The molecule has 31 heavy (non-hydrogen) atoms. The first-order valence-electron chi connectivity index (χ1n) is 10.9. The standard InChI is InChI=1S/C22H30N4O4S/c1-15(2)31(29,30)19-8-4-16(5-9-19)14-20(27)25-12-10-17(11-13-25)21-23-24(3)22(28)26(21)18-6-7-18/h4-5,8-9,15,17-18H,6-7,10-14H2,1-3H3. The molecule has 1 saturated heterocycles. The second-order valence-electron chi connectivity index (χ2n) is 8.94. The Labute approximate surface area is 182 Å². The SMILES string of the molecule is CC(C)S(=O)(=O)c1ccc(CC(=O)N2CCC(c3nn(C)c(=O)n3C3CC3)CC2)cc1. The summed E-state index contributed by atoms with van der Waals surface area (Å²) in [6.45, 7) is 4.59. The molecule has 1 aliphatic heterocycles. The van der Waals surface area contributed by atoms with Gasteiger partial charge >= 0.3 is 5.69 Å². The van der Waals surface area contributed by atoms with Crippen LogP contribution in [0.4, 0.5) is 0 Å². The van der Waals surface area contributed by atoms with Crippen LogP contribution in [0.3, 0.4) is 0 Å². The van der Waals surface area contributed by atoms with E-state index in [4.69, 9.17) is 0 Å². The van der Waals surface area contributed by atoms with Crippen molar-refractivity contribution in [1.82, 2.24) is 19.2 Å². The summed E-state index contributed by atoms with van der Waals surface area (Å²) in [4.78, 5) is 27.3. The Kier molecular flexibility index (Phi) is 5.81. The number of aryl methyl sites for hydroxylation is 1. The third kappa shape index (κ3) is 4.33. The molecular weight excluding hydrogens is 416 g/mol. The summed E-state index contributed by atoms with van der Waals surface area (Å²) < 4.78 is 27.8. The van der Waals surface area contributed by atoms with Crippen molar-refractivity contribution in [2.45, 2.75) is 68.1 Å². The molecule has 1 aliphatic carbocycles. The Morgan fingerprint density at radius 1 is 1.10 bits per heavy atom. The Hall–Kier alpha value is -2.42. The molecule has 4 rings (SSSR count). The molecule has 2 fully saturated rings. The molecule has 2 aromatic rings. The lowest BCUT2D eigenvalue weighted by Crippen LogP contribution is -2.39. The minimum absolute atomic E-state index is 0.0403. The Morgan fingerprint density at radius 3 is 2.26 bits per heavy atom. The average molecular weight is 447 g/mol. The van der Waals surface area contributed by atoms with Gasteiger partial charge in [-0.15, -0.1) is 0 Å². The fourth-order valence-corrected chi connectivity index (χ4v) is 5.26. The highest BCUT2D eigenvalue weighted by molar-refractivity contribution is 7.92. The van der Waals surface area contributed by atoms with Crippen LogP contribution < -0.4 is 5.69 Å². The van der Waals surface area contributed by atoms with Crippen LogP contribution in [0.5, 0.6) is 0 Å². The molecule has 0 atom stereocenters. The van der Waals surface area contributed by atoms with Crippen LogP contribution in [0.2, 0.25) is 0 Å². The summed E-state index contributed by atoms with van der Waals surface area (Å²) in [6.07, 6.45) is 3.91. The highest BCUT2D eigenvalue weighted by Gasteiger charge is 2.34. The van der Waals surface area contributed by atoms with Crippen molar-refractivity contribution in [2.24, 2.45) is 7.05 Å². The molecule has 1 aromatic heterocycles. The Bertz CT molecular complexity index is 1120. The Balaban J connectivity index is 1.37. The summed E-state index contributed by atoms with van der Waals surface area (Å²) in [5.74, 6) is 1.10. The molecule has 168 valence electrons. The number of hydrogen-bond donors (Lipinski definition) is 0. The van der Waals surface area contributed by atoms with Gasteiger partial charge in [-0.25, -0.2) is 17.9 Å². The molecule has 9 heteroatoms. The first-order valence-corrected chi connectivity index (χ1v) is 12.5. The topological polar surface area (TPSA) is 94.3 Å². The second-order valence-corrected chi connectivity index (χ2v) is 11.4. The summed E-state index contributed by atoms with van der Waals surface area (Å²) in [7, 11) is -1.61. The van der Waals surface area contributed by atoms with Gasteiger partial charge in [0.25, 0.3) is 0 Å². The first kappa shape index (κ1) is 21.8. The predicted octanol–water partition coefficient (Wildman–Crippen LogP) is 2.05. The molecule has 1 saturated carbocycles. The lowest BCUT2D eigenvalue weighted by Gasteiger charge is -2.31. The number of amides is 1. The van der Waals surface area contributed by atoms with Crippen molar-refractivity contribution < 1.29 is 13.2 Å². The van der Waals surface area contributed by atoms with E-state index in [0.29, 0.717) is 19.1 Å². The molecule has 0 spiro atoms. The average Bonchev–Trinajstić information content (AvgIpc) is 3.54. The van der Waals surface area contributed by atoms with E-state index < -0.39 is 15.1 Å². The maximum atomic E-state index is 12.8. The number of piperidine rings is 1. The van der Waals surface area contributed by atoms with E-state index in [-0.39, 0.29) is 28.8 Å². The molecule has 0 bridgehead atoms. The van der Waals surface area contributed by atoms with Gasteiger partial charge in [-0.1, -0.05) is 12.1 Å². The van der Waals surface area contributed by atoms with Crippen molar-refractivity contribution in [2.75, 3.05) is 13.1 Å². The van der Waals surface area contributed by atoms with E-state index in [0.717, 1.165) is 37.1 Å². The van der Waals surface area contributed by atoms with Crippen LogP contribution in [0.1, 0.15) is 62.9 Å². The molecule has 0 unspecified atom stereocenters. The minimum atomic E-state index is -3.31. The van der Waals surface area contributed by atoms with Crippen LogP contribution in [0.15, 0.2) is 34.0 Å². The molecule has 8 nitrogen and oxygen atoms in total. The number of carbonyl (C=O) groups is 1. The van der Waals surface area contributed by atoms with Gasteiger partial charge in [0.15, 0.2) is 9.84 Å². The summed E-state index contributed by atoms with van der Waals surface area (Å²) in [6, 6.07) is 6.91. The van der Waals surface area contributed by atoms with Gasteiger partial charge < -0.3 is 4.90 Å². The number of aromatic nitrogens is 3. The van der Waals surface area contributed by atoms with Gasteiger partial charge in [-0.05, 0) is 57.2 Å². The maximum Gasteiger partial charge on any atom is 0.345 e. The number of benzene rings is 1. The van der Waals surface area contributed by atoms with Gasteiger partial charge in [-0.2, -0.15) is 5.10 Å². The number of nitrogens with zero attached hydrogens (tertiary/aromatic N) is 4. The minimum Gasteiger partial charge on any atom is -0.342 e. The fourth-order valence-electron chi connectivity index (χ4n) is 4.20. The van der Waals surface area contributed by atoms with E-state index in [1.807, 2.05) is 9.47 Å². The number of likely N-dealkylation sites (tertiary alicyclic amines) is 1. The molecule has 0 N–H and O–H groups in total. The molecule has 0 radical (unpaired) electrons. The molecule has 1 aromatic carbocycles. The zero-order valence-electron chi connectivity index (χ0n) is 18.3. The van der Waals surface area contributed by atoms with Crippen molar-refractivity contribution in [3.8, 4) is 0 Å². The van der Waals surface area contributed by atoms with Crippen molar-refractivity contribution in [1.29, 1.82) is 0 Å². The quantitative estimate of drug-likeness (QED) is 0.677. The molecule has 2 aliphatic rings. The van der Waals surface area contributed by atoms with E-state index in [9.17, 15) is 18.0 Å². The van der Waals surface area contributed by atoms with Crippen molar-refractivity contribution in [3.63, 3.8) is 0 Å². The zero-order valence-corrected chi connectivity index (χ0v) is 19.1. The van der Waals surface area contributed by atoms with Gasteiger partial charge in [0.05, 0.1) is 16.6 Å². The monoisotopic (exact) mass is 446 g/mol.